The number of ether oxygens (including phenoxy) is 1. The number of hydrogen-bond donors (Lipinski definition) is 1. The number of pyridine rings is 1. The smallest absolute Gasteiger partial charge is 0.273 e. The number of hydrogen-bond acceptors (Lipinski definition) is 6. The summed E-state index contributed by atoms with van der Waals surface area (Å²) in [6.07, 6.45) is 4.22. The second kappa shape index (κ2) is 7.29. The molecule has 0 unspecified atom stereocenters. The van der Waals surface area contributed by atoms with Crippen molar-refractivity contribution in [3.63, 3.8) is 0 Å². The fourth-order valence-electron chi connectivity index (χ4n) is 2.47. The number of amides is 1. The highest BCUT2D eigenvalue weighted by Gasteiger charge is 2.22. The van der Waals surface area contributed by atoms with Gasteiger partial charge in [0.15, 0.2) is 5.69 Å². The Morgan fingerprint density at radius 2 is 2.27 bits per heavy atom. The third-order valence-corrected chi connectivity index (χ3v) is 5.02. The maximum Gasteiger partial charge on any atom is 0.273 e. The van der Waals surface area contributed by atoms with Crippen LogP contribution >= 0.6 is 11.3 Å². The van der Waals surface area contributed by atoms with Crippen LogP contribution in [0.25, 0.3) is 10.8 Å². The molecule has 7 heteroatoms. The van der Waals surface area contributed by atoms with Crippen molar-refractivity contribution in [2.24, 2.45) is 5.92 Å². The molecule has 0 aromatic carbocycles. The van der Waals surface area contributed by atoms with Crippen LogP contribution < -0.4 is 10.1 Å². The van der Waals surface area contributed by atoms with Crippen LogP contribution in [0, 0.1) is 12.8 Å². The molecule has 1 aliphatic rings. The summed E-state index contributed by atoms with van der Waals surface area (Å²) in [5.41, 5.74) is 1.21. The summed E-state index contributed by atoms with van der Waals surface area (Å²) in [6, 6.07) is 7.57. The molecule has 0 radical (unpaired) electrons. The number of carbonyl (C=O) groups is 1. The average Bonchev–Trinajstić information content (AvgIpc) is 3.15. The highest BCUT2D eigenvalue weighted by atomic mass is 32.1. The molecule has 0 spiro atoms. The number of aryl methyl sites for hydroxylation is 1. The molecule has 3 aromatic heterocycles. The lowest BCUT2D eigenvalue weighted by atomic mass is 10.2. The lowest BCUT2D eigenvalue weighted by molar-refractivity contribution is 0.0945. The Balaban J connectivity index is 1.34. The standard InChI is InChI=1S/C19H19N3O3S/c1-12-17(22-19(25-12)15-3-2-8-26-15)18(23)21-10-14-6-7-16(20-9-14)24-11-13-4-5-13/h2-3,6-9,13H,4-5,10-11H2,1H3,(H,21,23). The zero-order valence-electron chi connectivity index (χ0n) is 14.4. The fraction of sp³-hybridized carbons (Fsp3) is 0.316. The van der Waals surface area contributed by atoms with Gasteiger partial charge in [0.05, 0.1) is 11.5 Å². The first kappa shape index (κ1) is 16.8. The Labute approximate surface area is 155 Å². The van der Waals surface area contributed by atoms with Gasteiger partial charge in [-0.1, -0.05) is 12.1 Å². The zero-order valence-corrected chi connectivity index (χ0v) is 15.2. The largest absolute Gasteiger partial charge is 0.477 e. The van der Waals surface area contributed by atoms with Gasteiger partial charge in [0, 0.05) is 18.8 Å². The zero-order chi connectivity index (χ0) is 17.9. The SMILES string of the molecule is Cc1oc(-c2cccs2)nc1C(=O)NCc1ccc(OCC2CC2)nc1. The number of carbonyl (C=O) groups excluding carboxylic acids is 1. The van der Waals surface area contributed by atoms with Crippen molar-refractivity contribution in [3.8, 4) is 16.6 Å². The van der Waals surface area contributed by atoms with Crippen LogP contribution in [-0.4, -0.2) is 22.5 Å². The van der Waals surface area contributed by atoms with Gasteiger partial charge in [-0.05, 0) is 42.7 Å². The molecule has 0 bridgehead atoms. The van der Waals surface area contributed by atoms with Gasteiger partial charge in [-0.25, -0.2) is 9.97 Å². The summed E-state index contributed by atoms with van der Waals surface area (Å²) >= 11 is 1.52. The maximum absolute atomic E-state index is 12.4. The van der Waals surface area contributed by atoms with Crippen LogP contribution in [0.5, 0.6) is 5.88 Å². The van der Waals surface area contributed by atoms with E-state index in [4.69, 9.17) is 9.15 Å². The second-order valence-electron chi connectivity index (χ2n) is 6.34. The lowest BCUT2D eigenvalue weighted by Gasteiger charge is -2.06. The molecular formula is C19H19N3O3S. The molecule has 1 saturated carbocycles. The summed E-state index contributed by atoms with van der Waals surface area (Å²) in [5.74, 6) is 2.04. The fourth-order valence-corrected chi connectivity index (χ4v) is 3.12. The summed E-state index contributed by atoms with van der Waals surface area (Å²) in [6.45, 7) is 2.85. The molecule has 26 heavy (non-hydrogen) atoms. The predicted octanol–water partition coefficient (Wildman–Crippen LogP) is 3.83. The summed E-state index contributed by atoms with van der Waals surface area (Å²) in [7, 11) is 0. The van der Waals surface area contributed by atoms with Crippen molar-refractivity contribution in [1.82, 2.24) is 15.3 Å². The quantitative estimate of drug-likeness (QED) is 0.685. The van der Waals surface area contributed by atoms with E-state index >= 15 is 0 Å². The van der Waals surface area contributed by atoms with Crippen LogP contribution in [0.3, 0.4) is 0 Å². The predicted molar refractivity (Wildman–Crippen MR) is 98.2 cm³/mol. The van der Waals surface area contributed by atoms with Gasteiger partial charge in [0.25, 0.3) is 5.91 Å². The van der Waals surface area contributed by atoms with E-state index < -0.39 is 0 Å². The molecule has 1 fully saturated rings. The highest BCUT2D eigenvalue weighted by Crippen LogP contribution is 2.29. The van der Waals surface area contributed by atoms with E-state index in [1.54, 1.807) is 13.1 Å². The van der Waals surface area contributed by atoms with E-state index in [0.717, 1.165) is 17.0 Å². The number of oxazole rings is 1. The minimum Gasteiger partial charge on any atom is -0.477 e. The van der Waals surface area contributed by atoms with Gasteiger partial charge >= 0.3 is 0 Å². The lowest BCUT2D eigenvalue weighted by Crippen LogP contribution is -2.23. The number of thiophene rings is 1. The molecule has 0 aliphatic heterocycles. The molecule has 0 atom stereocenters. The third-order valence-electron chi connectivity index (χ3n) is 4.16. The van der Waals surface area contributed by atoms with Gasteiger partial charge in [0.2, 0.25) is 11.8 Å². The van der Waals surface area contributed by atoms with Crippen molar-refractivity contribution < 1.29 is 13.9 Å². The highest BCUT2D eigenvalue weighted by molar-refractivity contribution is 7.13. The van der Waals surface area contributed by atoms with Gasteiger partial charge < -0.3 is 14.5 Å². The molecule has 1 amide bonds. The Morgan fingerprint density at radius 3 is 2.96 bits per heavy atom. The van der Waals surface area contributed by atoms with E-state index in [1.165, 1.54) is 24.2 Å². The first-order valence-corrected chi connectivity index (χ1v) is 9.44. The van der Waals surface area contributed by atoms with Crippen molar-refractivity contribution in [2.45, 2.75) is 26.3 Å². The second-order valence-corrected chi connectivity index (χ2v) is 7.29. The molecule has 4 rings (SSSR count). The maximum atomic E-state index is 12.4. The summed E-state index contributed by atoms with van der Waals surface area (Å²) in [4.78, 5) is 21.9. The monoisotopic (exact) mass is 369 g/mol. The molecule has 0 saturated heterocycles. The van der Waals surface area contributed by atoms with Crippen molar-refractivity contribution >= 4 is 17.2 Å². The molecule has 3 aromatic rings. The Kier molecular flexibility index (Phi) is 4.71. The first-order valence-electron chi connectivity index (χ1n) is 8.56. The van der Waals surface area contributed by atoms with E-state index in [1.807, 2.05) is 29.6 Å². The minimum atomic E-state index is -0.261. The van der Waals surface area contributed by atoms with Crippen molar-refractivity contribution in [1.29, 1.82) is 0 Å². The van der Waals surface area contributed by atoms with Crippen LogP contribution in [0.1, 0.15) is 34.7 Å². The van der Waals surface area contributed by atoms with Gasteiger partial charge in [-0.2, -0.15) is 0 Å². The third kappa shape index (κ3) is 3.94. The van der Waals surface area contributed by atoms with Gasteiger partial charge in [0.1, 0.15) is 5.76 Å². The van der Waals surface area contributed by atoms with E-state index in [0.29, 0.717) is 35.7 Å². The van der Waals surface area contributed by atoms with Crippen LogP contribution in [0.4, 0.5) is 0 Å². The summed E-state index contributed by atoms with van der Waals surface area (Å²) in [5, 5.41) is 4.80. The van der Waals surface area contributed by atoms with Crippen molar-refractivity contribution in [3.05, 3.63) is 52.9 Å². The first-order chi connectivity index (χ1) is 12.7. The molecule has 134 valence electrons. The van der Waals surface area contributed by atoms with E-state index in [9.17, 15) is 4.79 Å². The number of aromatic nitrogens is 2. The number of nitrogens with zero attached hydrogens (tertiary/aromatic N) is 2. The Morgan fingerprint density at radius 1 is 1.38 bits per heavy atom. The normalized spacial score (nSPS) is 13.6. The van der Waals surface area contributed by atoms with Gasteiger partial charge in [-0.3, -0.25) is 4.79 Å². The Hall–Kier alpha value is -2.67. The van der Waals surface area contributed by atoms with Gasteiger partial charge in [-0.15, -0.1) is 11.3 Å². The molecular weight excluding hydrogens is 350 g/mol. The minimum absolute atomic E-state index is 0.261. The average molecular weight is 369 g/mol. The Bertz CT molecular complexity index is 883. The van der Waals surface area contributed by atoms with Crippen LogP contribution in [0.15, 0.2) is 40.3 Å². The molecule has 6 nitrogen and oxygen atoms in total. The molecule has 1 N–H and O–H groups in total. The topological polar surface area (TPSA) is 77.2 Å². The van der Waals surface area contributed by atoms with E-state index in [2.05, 4.69) is 15.3 Å². The van der Waals surface area contributed by atoms with Crippen LogP contribution in [-0.2, 0) is 6.54 Å². The molecule has 1 aliphatic carbocycles. The summed E-state index contributed by atoms with van der Waals surface area (Å²) < 4.78 is 11.2. The molecule has 3 heterocycles. The van der Waals surface area contributed by atoms with Crippen molar-refractivity contribution in [2.75, 3.05) is 6.61 Å². The number of rotatable bonds is 7. The van der Waals surface area contributed by atoms with Crippen LogP contribution in [0.2, 0.25) is 0 Å². The number of nitrogens with one attached hydrogen (secondary N) is 1. The van der Waals surface area contributed by atoms with E-state index in [-0.39, 0.29) is 5.91 Å².